The van der Waals surface area contributed by atoms with Crippen LogP contribution in [0.5, 0.6) is 0 Å². The summed E-state index contributed by atoms with van der Waals surface area (Å²) < 4.78 is 6.29. The molecular formula is C42H42N8O4. The number of rotatable bonds is 9. The van der Waals surface area contributed by atoms with E-state index >= 15 is 0 Å². The van der Waals surface area contributed by atoms with Gasteiger partial charge in [0.05, 0.1) is 22.6 Å². The molecule has 3 aromatic heterocycles. The zero-order valence-electron chi connectivity index (χ0n) is 30.8. The summed E-state index contributed by atoms with van der Waals surface area (Å²) in [6.45, 7) is 11.8. The first kappa shape index (κ1) is 35.3. The maximum absolute atomic E-state index is 11.5. The van der Waals surface area contributed by atoms with Gasteiger partial charge in [-0.25, -0.2) is 15.0 Å². The van der Waals surface area contributed by atoms with Gasteiger partial charge in [0.25, 0.3) is 0 Å². The molecule has 12 heteroatoms. The molecule has 0 bridgehead atoms. The number of hydrogen-bond donors (Lipinski definition) is 3. The van der Waals surface area contributed by atoms with Gasteiger partial charge in [0, 0.05) is 50.2 Å². The van der Waals surface area contributed by atoms with Crippen LogP contribution >= 0.6 is 0 Å². The number of carboxylic acid groups (broad SMARTS) is 1. The number of oxazole rings is 1. The Morgan fingerprint density at radius 3 is 2.44 bits per heavy atom. The van der Waals surface area contributed by atoms with Gasteiger partial charge in [-0.1, -0.05) is 24.3 Å². The Morgan fingerprint density at radius 2 is 1.70 bits per heavy atom. The second-order valence-electron chi connectivity index (χ2n) is 15.1. The molecule has 0 saturated carbocycles. The first-order valence-electron chi connectivity index (χ1n) is 18.3. The normalized spacial score (nSPS) is 19.1. The Morgan fingerprint density at radius 1 is 0.963 bits per heavy atom. The molecule has 0 aliphatic carbocycles. The van der Waals surface area contributed by atoms with Gasteiger partial charge in [-0.2, -0.15) is 5.26 Å². The number of aliphatic hydroxyl groups is 1. The summed E-state index contributed by atoms with van der Waals surface area (Å²) in [5, 5.41) is 33.4. The van der Waals surface area contributed by atoms with E-state index in [1.54, 1.807) is 0 Å². The lowest BCUT2D eigenvalue weighted by Crippen LogP contribution is -2.29. The number of aryl methyl sites for hydroxylation is 1. The van der Waals surface area contributed by atoms with E-state index in [0.717, 1.165) is 63.1 Å². The van der Waals surface area contributed by atoms with Crippen LogP contribution in [0.1, 0.15) is 53.4 Å². The Balaban J connectivity index is 1.07. The lowest BCUT2D eigenvalue weighted by atomic mass is 9.93. The molecule has 2 fully saturated rings. The molecule has 0 amide bonds. The third kappa shape index (κ3) is 6.89. The molecule has 6 aromatic rings. The van der Waals surface area contributed by atoms with Gasteiger partial charge >= 0.3 is 5.97 Å². The van der Waals surface area contributed by atoms with Crippen molar-refractivity contribution in [2.45, 2.75) is 59.2 Å². The quantitative estimate of drug-likeness (QED) is 0.142. The van der Waals surface area contributed by atoms with Crippen molar-refractivity contribution in [1.29, 1.82) is 5.26 Å². The fraction of sp³-hybridized carbons (Fsp3) is 0.333. The van der Waals surface area contributed by atoms with Crippen molar-refractivity contribution in [3.05, 3.63) is 94.4 Å². The van der Waals surface area contributed by atoms with Gasteiger partial charge < -0.3 is 19.9 Å². The van der Waals surface area contributed by atoms with Crippen molar-refractivity contribution >= 4 is 39.6 Å². The summed E-state index contributed by atoms with van der Waals surface area (Å²) in [5.74, 6) is 0.559. The minimum Gasteiger partial charge on any atom is -0.481 e. The van der Waals surface area contributed by atoms with Crippen LogP contribution in [0, 0.1) is 38.0 Å². The minimum absolute atomic E-state index is 0.369. The van der Waals surface area contributed by atoms with Crippen molar-refractivity contribution in [2.24, 2.45) is 5.92 Å². The summed E-state index contributed by atoms with van der Waals surface area (Å²) in [4.78, 5) is 34.9. The number of likely N-dealkylation sites (tertiary alicyclic amines) is 2. The van der Waals surface area contributed by atoms with Crippen molar-refractivity contribution < 1.29 is 19.4 Å². The number of nitrogens with zero attached hydrogens (tertiary/aromatic N) is 7. The van der Waals surface area contributed by atoms with Crippen LogP contribution in [0.15, 0.2) is 65.2 Å². The van der Waals surface area contributed by atoms with E-state index < -0.39 is 11.6 Å². The molecule has 0 spiro atoms. The maximum atomic E-state index is 11.5. The van der Waals surface area contributed by atoms with Gasteiger partial charge in [0.1, 0.15) is 22.9 Å². The number of carboxylic acids is 1. The molecule has 274 valence electrons. The van der Waals surface area contributed by atoms with Crippen LogP contribution < -0.4 is 5.32 Å². The highest BCUT2D eigenvalue weighted by molar-refractivity contribution is 5.90. The maximum Gasteiger partial charge on any atom is 0.307 e. The number of hydrogen-bond acceptors (Lipinski definition) is 11. The van der Waals surface area contributed by atoms with E-state index in [4.69, 9.17) is 24.4 Å². The molecule has 2 saturated heterocycles. The topological polar surface area (TPSA) is 165 Å². The van der Waals surface area contributed by atoms with E-state index in [-0.39, 0.29) is 5.92 Å². The molecule has 5 heterocycles. The summed E-state index contributed by atoms with van der Waals surface area (Å²) >= 11 is 0. The van der Waals surface area contributed by atoms with Crippen LogP contribution in [-0.4, -0.2) is 77.7 Å². The fourth-order valence-electron chi connectivity index (χ4n) is 7.95. The van der Waals surface area contributed by atoms with Crippen LogP contribution in [0.25, 0.3) is 44.7 Å². The second-order valence-corrected chi connectivity index (χ2v) is 15.1. The molecule has 2 aliphatic heterocycles. The number of pyridine rings is 1. The Kier molecular flexibility index (Phi) is 9.09. The number of carbonyl (C=O) groups is 1. The predicted molar refractivity (Wildman–Crippen MR) is 206 cm³/mol. The van der Waals surface area contributed by atoms with Gasteiger partial charge in [-0.05, 0) is 111 Å². The molecule has 12 nitrogen and oxygen atoms in total. The molecule has 3 N–H and O–H groups in total. The summed E-state index contributed by atoms with van der Waals surface area (Å²) in [5.41, 5.74) is 9.94. The molecule has 2 aliphatic rings. The van der Waals surface area contributed by atoms with Crippen molar-refractivity contribution in [1.82, 2.24) is 29.7 Å². The Bertz CT molecular complexity index is 2490. The summed E-state index contributed by atoms with van der Waals surface area (Å²) in [6, 6.07) is 20.3. The average molecular weight is 723 g/mol. The van der Waals surface area contributed by atoms with Crippen LogP contribution in [-0.2, 0) is 17.9 Å². The van der Waals surface area contributed by atoms with E-state index in [9.17, 15) is 20.3 Å². The van der Waals surface area contributed by atoms with E-state index in [1.807, 2.05) is 63.4 Å². The summed E-state index contributed by atoms with van der Waals surface area (Å²) in [6.07, 6.45) is 3.24. The van der Waals surface area contributed by atoms with Gasteiger partial charge in [0.15, 0.2) is 11.4 Å². The summed E-state index contributed by atoms with van der Waals surface area (Å²) in [7, 11) is 0. The molecule has 0 radical (unpaired) electrons. The highest BCUT2D eigenvalue weighted by Crippen LogP contribution is 2.38. The number of fused-ring (bicyclic) bond motifs is 2. The first-order valence-corrected chi connectivity index (χ1v) is 18.3. The third-order valence-electron chi connectivity index (χ3n) is 10.8. The highest BCUT2D eigenvalue weighted by Gasteiger charge is 2.31. The largest absolute Gasteiger partial charge is 0.481 e. The van der Waals surface area contributed by atoms with Crippen LogP contribution in [0.4, 0.5) is 11.5 Å². The smallest absolute Gasteiger partial charge is 0.307 e. The highest BCUT2D eigenvalue weighted by atomic mass is 16.4. The van der Waals surface area contributed by atoms with E-state index in [1.165, 1.54) is 0 Å². The number of nitrogens with one attached hydrogen (secondary N) is 1. The average Bonchev–Trinajstić information content (AvgIpc) is 3.87. The van der Waals surface area contributed by atoms with Crippen molar-refractivity contribution in [3.63, 3.8) is 0 Å². The Hall–Kier alpha value is -5.74. The number of aliphatic carboxylic acids is 1. The number of β-amino-alcohol motifs (C(OH)–C–C–N with tert-alkyl or cyclic N) is 1. The third-order valence-corrected chi connectivity index (χ3v) is 10.8. The zero-order valence-corrected chi connectivity index (χ0v) is 30.8. The SMILES string of the molecule is Cc1nc(Nc2cccc(-c3cccc(-c4nc5cc(CN6CC[C@@H](C(=O)O)C6)cc(C#N)c5o4)c3C)c2C)c2ncc(CN3CC[C@](C)(O)C3)cc2n1. The fourth-order valence-corrected chi connectivity index (χ4v) is 7.95. The molecule has 54 heavy (non-hydrogen) atoms. The zero-order chi connectivity index (χ0) is 37.7. The minimum atomic E-state index is -0.769. The van der Waals surface area contributed by atoms with Gasteiger partial charge in [-0.3, -0.25) is 19.6 Å². The Labute approximate surface area is 313 Å². The predicted octanol–water partition coefficient (Wildman–Crippen LogP) is 6.90. The number of aromatic nitrogens is 4. The van der Waals surface area contributed by atoms with E-state index in [0.29, 0.717) is 78.9 Å². The lowest BCUT2D eigenvalue weighted by molar-refractivity contribution is -0.141. The van der Waals surface area contributed by atoms with Crippen molar-refractivity contribution in [3.8, 4) is 28.7 Å². The molecule has 8 rings (SSSR count). The van der Waals surface area contributed by atoms with Crippen LogP contribution in [0.2, 0.25) is 0 Å². The number of benzene rings is 3. The van der Waals surface area contributed by atoms with Gasteiger partial charge in [0.2, 0.25) is 5.89 Å². The van der Waals surface area contributed by atoms with Crippen LogP contribution in [0.3, 0.4) is 0 Å². The lowest BCUT2D eigenvalue weighted by Gasteiger charge is -2.19. The monoisotopic (exact) mass is 722 g/mol. The van der Waals surface area contributed by atoms with Crippen molar-refractivity contribution in [2.75, 3.05) is 31.5 Å². The molecule has 3 aromatic carbocycles. The standard InChI is InChI=1S/C42H42N8O4/c1-24-31(7-5-9-33(24)40-48-36-16-27(15-30(18-43)38(36)54-40)20-49-13-11-29(22-49)41(51)52)32-8-6-10-34(25(32)2)47-39-37-35(45-26(3)46-39)17-28(19-44-37)21-50-14-12-42(4,53)23-50/h5-10,15-17,19,29,53H,11-14,20-23H2,1-4H3,(H,51,52)(H,45,46,47)/t29-,42+/m1/s1. The molecular weight excluding hydrogens is 681 g/mol. The molecule has 0 unspecified atom stereocenters. The number of nitriles is 1. The molecule has 2 atom stereocenters. The first-order chi connectivity index (χ1) is 25.9. The second kappa shape index (κ2) is 13.9. The van der Waals surface area contributed by atoms with E-state index in [2.05, 4.69) is 46.3 Å². The van der Waals surface area contributed by atoms with Gasteiger partial charge in [-0.15, -0.1) is 0 Å². The number of anilines is 2.